The minimum atomic E-state index is -0.965. The summed E-state index contributed by atoms with van der Waals surface area (Å²) in [6.07, 6.45) is 4.01. The van der Waals surface area contributed by atoms with E-state index in [0.717, 1.165) is 0 Å². The minimum Gasteiger partial charge on any atom is -0.474 e. The van der Waals surface area contributed by atoms with Crippen LogP contribution < -0.4 is 15.4 Å². The second-order valence-corrected chi connectivity index (χ2v) is 9.28. The van der Waals surface area contributed by atoms with Gasteiger partial charge in [-0.05, 0) is 12.3 Å². The van der Waals surface area contributed by atoms with Crippen LogP contribution in [0.25, 0.3) is 11.3 Å². The normalized spacial score (nSPS) is 21.1. The summed E-state index contributed by atoms with van der Waals surface area (Å²) >= 11 is 0. The Bertz CT molecular complexity index is 976. The van der Waals surface area contributed by atoms with E-state index in [0.29, 0.717) is 68.7 Å². The number of morpholine rings is 1. The highest BCUT2D eigenvalue weighted by Gasteiger charge is 2.37. The van der Waals surface area contributed by atoms with Crippen LogP contribution in [-0.2, 0) is 9.53 Å². The van der Waals surface area contributed by atoms with Crippen molar-refractivity contribution in [3.05, 3.63) is 18.5 Å². The number of carbonyl (C=O) groups is 1. The summed E-state index contributed by atoms with van der Waals surface area (Å²) in [5, 5.41) is 10.2. The van der Waals surface area contributed by atoms with Gasteiger partial charge in [0.2, 0.25) is 17.8 Å². The van der Waals surface area contributed by atoms with Crippen molar-refractivity contribution in [1.29, 1.82) is 0 Å². The monoisotopic (exact) mass is 471 g/mol. The molecule has 0 spiro atoms. The predicted octanol–water partition coefficient (Wildman–Crippen LogP) is 1.13. The van der Waals surface area contributed by atoms with E-state index < -0.39 is 6.10 Å². The zero-order valence-corrected chi connectivity index (χ0v) is 19.9. The van der Waals surface area contributed by atoms with Gasteiger partial charge in [-0.3, -0.25) is 4.79 Å². The van der Waals surface area contributed by atoms with Gasteiger partial charge in [0.1, 0.15) is 12.2 Å². The maximum Gasteiger partial charge on any atom is 0.251 e. The Kier molecular flexibility index (Phi) is 7.42. The summed E-state index contributed by atoms with van der Waals surface area (Å²) in [4.78, 5) is 33.7. The lowest BCUT2D eigenvalue weighted by Crippen LogP contribution is -2.52. The lowest BCUT2D eigenvalue weighted by molar-refractivity contribution is -0.145. The number of nitrogens with zero attached hydrogens (tertiary/aromatic N) is 6. The molecule has 2 aromatic rings. The molecule has 34 heavy (non-hydrogen) atoms. The number of anilines is 2. The van der Waals surface area contributed by atoms with Gasteiger partial charge < -0.3 is 30.1 Å². The van der Waals surface area contributed by atoms with Gasteiger partial charge in [0.25, 0.3) is 5.91 Å². The number of aromatic nitrogens is 4. The molecule has 1 unspecified atom stereocenters. The average Bonchev–Trinajstić information content (AvgIpc) is 2.80. The Morgan fingerprint density at radius 3 is 2.59 bits per heavy atom. The van der Waals surface area contributed by atoms with Crippen LogP contribution in [0.2, 0.25) is 0 Å². The molecule has 0 radical (unpaired) electrons. The van der Waals surface area contributed by atoms with Gasteiger partial charge in [0.05, 0.1) is 18.9 Å². The molecule has 1 aliphatic carbocycles. The van der Waals surface area contributed by atoms with Crippen LogP contribution in [-0.4, -0.2) is 87.5 Å². The number of aliphatic hydroxyl groups is 1. The minimum absolute atomic E-state index is 0.0323. The smallest absolute Gasteiger partial charge is 0.251 e. The molecule has 1 atom stereocenters. The third kappa shape index (κ3) is 5.71. The van der Waals surface area contributed by atoms with Gasteiger partial charge in [-0.15, -0.1) is 0 Å². The molecule has 1 amide bonds. The van der Waals surface area contributed by atoms with Gasteiger partial charge in [-0.1, -0.05) is 13.8 Å². The first kappa shape index (κ1) is 24.1. The predicted molar refractivity (Wildman–Crippen MR) is 126 cm³/mol. The third-order valence-corrected chi connectivity index (χ3v) is 6.18. The maximum atomic E-state index is 12.5. The highest BCUT2D eigenvalue weighted by Crippen LogP contribution is 2.31. The summed E-state index contributed by atoms with van der Waals surface area (Å²) in [5.74, 6) is 1.23. The van der Waals surface area contributed by atoms with E-state index in [1.54, 1.807) is 30.4 Å². The highest BCUT2D eigenvalue weighted by molar-refractivity contribution is 5.80. The Morgan fingerprint density at radius 2 is 1.94 bits per heavy atom. The molecule has 2 aliphatic rings. The van der Waals surface area contributed by atoms with Gasteiger partial charge in [0.15, 0.2) is 0 Å². The van der Waals surface area contributed by atoms with Crippen LogP contribution in [0.1, 0.15) is 33.1 Å². The number of nitrogens with two attached hydrogens (primary N) is 1. The van der Waals surface area contributed by atoms with Crippen LogP contribution >= 0.6 is 0 Å². The molecule has 184 valence electrons. The van der Waals surface area contributed by atoms with Crippen molar-refractivity contribution in [2.75, 3.05) is 44.0 Å². The van der Waals surface area contributed by atoms with Crippen LogP contribution in [0.15, 0.2) is 18.5 Å². The van der Waals surface area contributed by atoms with Crippen molar-refractivity contribution in [2.45, 2.75) is 51.4 Å². The molecule has 2 fully saturated rings. The number of rotatable bonds is 8. The number of nitrogen functional groups attached to an aromatic ring is 1. The third-order valence-electron chi connectivity index (χ3n) is 6.18. The van der Waals surface area contributed by atoms with Gasteiger partial charge in [-0.25, -0.2) is 15.0 Å². The van der Waals surface area contributed by atoms with Gasteiger partial charge in [0, 0.05) is 63.0 Å². The Morgan fingerprint density at radius 1 is 1.26 bits per heavy atom. The van der Waals surface area contributed by atoms with E-state index in [1.807, 2.05) is 13.8 Å². The molecule has 1 saturated carbocycles. The number of likely N-dealkylation sites (N-methyl/N-ethyl adjacent to an activating group) is 1. The summed E-state index contributed by atoms with van der Waals surface area (Å²) in [6.45, 7) is 6.59. The molecule has 3 heterocycles. The number of hydrogen-bond acceptors (Lipinski definition) is 10. The fourth-order valence-electron chi connectivity index (χ4n) is 4.08. The lowest BCUT2D eigenvalue weighted by atomic mass is 9.87. The fraction of sp³-hybridized carbons (Fsp3) is 0.609. The lowest BCUT2D eigenvalue weighted by Gasteiger charge is -2.41. The molecule has 0 aromatic carbocycles. The SMILES string of the molecule is CC(C)CC(O)C(=O)N(C)C1CC(Oc2cc(-c3cnc(N)nc3)nc(N3CCOCC3)n2)C1. The second-order valence-electron chi connectivity index (χ2n) is 9.28. The van der Waals surface area contributed by atoms with Crippen molar-refractivity contribution >= 4 is 17.8 Å². The molecule has 1 saturated heterocycles. The Balaban J connectivity index is 1.45. The summed E-state index contributed by atoms with van der Waals surface area (Å²) < 4.78 is 11.6. The van der Waals surface area contributed by atoms with Crippen molar-refractivity contribution in [2.24, 2.45) is 5.92 Å². The molecule has 11 heteroatoms. The first-order valence-electron chi connectivity index (χ1n) is 11.7. The van der Waals surface area contributed by atoms with Crippen molar-refractivity contribution in [3.63, 3.8) is 0 Å². The van der Waals surface area contributed by atoms with E-state index in [-0.39, 0.29) is 29.9 Å². The zero-order valence-electron chi connectivity index (χ0n) is 19.9. The van der Waals surface area contributed by atoms with Gasteiger partial charge in [-0.2, -0.15) is 4.98 Å². The van der Waals surface area contributed by atoms with Crippen molar-refractivity contribution in [1.82, 2.24) is 24.8 Å². The topological polar surface area (TPSA) is 140 Å². The molecule has 3 N–H and O–H groups in total. The van der Waals surface area contributed by atoms with Crippen molar-refractivity contribution < 1.29 is 19.4 Å². The number of aliphatic hydroxyl groups excluding tert-OH is 1. The van der Waals surface area contributed by atoms with E-state index in [1.165, 1.54) is 0 Å². The number of hydrogen-bond donors (Lipinski definition) is 2. The summed E-state index contributed by atoms with van der Waals surface area (Å²) in [6, 6.07) is 1.80. The quantitative estimate of drug-likeness (QED) is 0.576. The maximum absolute atomic E-state index is 12.5. The highest BCUT2D eigenvalue weighted by atomic mass is 16.5. The van der Waals surface area contributed by atoms with Gasteiger partial charge >= 0.3 is 0 Å². The molecular formula is C23H33N7O4. The zero-order chi connectivity index (χ0) is 24.2. The summed E-state index contributed by atoms with van der Waals surface area (Å²) in [5.41, 5.74) is 6.99. The molecule has 11 nitrogen and oxygen atoms in total. The number of carbonyl (C=O) groups excluding carboxylic acids is 1. The van der Waals surface area contributed by atoms with Crippen LogP contribution in [0, 0.1) is 5.92 Å². The first-order chi connectivity index (χ1) is 16.3. The Labute approximate surface area is 199 Å². The van der Waals surface area contributed by atoms with E-state index in [9.17, 15) is 9.90 Å². The standard InChI is InChI=1S/C23H33N7O4/c1-14(2)8-19(31)21(32)29(3)16-9-17(10-16)34-20-11-18(15-12-25-22(24)26-13-15)27-23(28-20)30-4-6-33-7-5-30/h11-14,16-17,19,31H,4-10H2,1-3H3,(H2,24,25,26). The Hall–Kier alpha value is -3.05. The molecule has 2 aromatic heterocycles. The van der Waals surface area contributed by atoms with E-state index in [2.05, 4.69) is 19.9 Å². The molecule has 4 rings (SSSR count). The molecular weight excluding hydrogens is 438 g/mol. The van der Waals surface area contributed by atoms with Crippen LogP contribution in [0.3, 0.4) is 0 Å². The van der Waals surface area contributed by atoms with E-state index in [4.69, 9.17) is 20.2 Å². The molecule has 0 bridgehead atoms. The average molecular weight is 472 g/mol. The number of amides is 1. The number of ether oxygens (including phenoxy) is 2. The first-order valence-corrected chi connectivity index (χ1v) is 11.7. The largest absolute Gasteiger partial charge is 0.474 e. The van der Waals surface area contributed by atoms with Crippen LogP contribution in [0.5, 0.6) is 5.88 Å². The fourth-order valence-corrected chi connectivity index (χ4v) is 4.08. The van der Waals surface area contributed by atoms with Crippen molar-refractivity contribution in [3.8, 4) is 17.1 Å². The summed E-state index contributed by atoms with van der Waals surface area (Å²) in [7, 11) is 1.74. The van der Waals surface area contributed by atoms with Crippen LogP contribution in [0.4, 0.5) is 11.9 Å². The second kappa shape index (κ2) is 10.5. The van der Waals surface area contributed by atoms with E-state index >= 15 is 0 Å². The molecule has 1 aliphatic heterocycles.